The lowest BCUT2D eigenvalue weighted by molar-refractivity contribution is 1.41. The van der Waals surface area contributed by atoms with E-state index in [-0.39, 0.29) is 7.43 Å². The van der Waals surface area contributed by atoms with Gasteiger partial charge in [0.15, 0.2) is 0 Å². The zero-order chi connectivity index (χ0) is 34.2. The van der Waals surface area contributed by atoms with Crippen LogP contribution in [0.2, 0.25) is 0 Å². The lowest BCUT2D eigenvalue weighted by atomic mass is 9.91. The normalized spacial score (nSPS) is 10.3. The SMILES string of the molecule is C.CC.Cc1ccc2ccc3c(C)ccc4ccc1c2c43.Cc1ccccc1-c1ccccc1C.Cc1ccccc1-c1ccccc1C. The molecule has 0 aliphatic heterocycles. The Morgan fingerprint density at radius 1 is 0.265 bits per heavy atom. The van der Waals surface area contributed by atoms with Gasteiger partial charge in [0.1, 0.15) is 0 Å². The first kappa shape index (κ1) is 36.6. The Hall–Kier alpha value is -5.20. The molecule has 8 aromatic carbocycles. The average molecular weight is 641 g/mol. The van der Waals surface area contributed by atoms with E-state index < -0.39 is 0 Å². The zero-order valence-corrected chi connectivity index (χ0v) is 29.9. The van der Waals surface area contributed by atoms with Gasteiger partial charge in [0.2, 0.25) is 0 Å². The summed E-state index contributed by atoms with van der Waals surface area (Å²) in [6.07, 6.45) is 0. The smallest absolute Gasteiger partial charge is 0.00240 e. The molecule has 8 aromatic rings. The molecule has 49 heavy (non-hydrogen) atoms. The maximum Gasteiger partial charge on any atom is -0.00240 e. The summed E-state index contributed by atoms with van der Waals surface area (Å²) in [5, 5.41) is 8.31. The van der Waals surface area contributed by atoms with Crippen molar-refractivity contribution in [1.82, 2.24) is 0 Å². The molecule has 0 saturated carbocycles. The van der Waals surface area contributed by atoms with Gasteiger partial charge in [-0.05, 0) is 129 Å². The lowest BCUT2D eigenvalue weighted by Crippen LogP contribution is -1.87. The summed E-state index contributed by atoms with van der Waals surface area (Å²) >= 11 is 0. The van der Waals surface area contributed by atoms with Crippen LogP contribution in [0.1, 0.15) is 54.7 Å². The first-order valence-electron chi connectivity index (χ1n) is 17.2. The highest BCUT2D eigenvalue weighted by molar-refractivity contribution is 6.24. The summed E-state index contributed by atoms with van der Waals surface area (Å²) in [6.45, 7) is 17.0. The van der Waals surface area contributed by atoms with E-state index in [9.17, 15) is 0 Å². The predicted molar refractivity (Wildman–Crippen MR) is 220 cm³/mol. The summed E-state index contributed by atoms with van der Waals surface area (Å²) in [4.78, 5) is 0. The molecule has 0 N–H and O–H groups in total. The summed E-state index contributed by atoms with van der Waals surface area (Å²) in [5.41, 5.74) is 13.4. The van der Waals surface area contributed by atoms with E-state index in [1.54, 1.807) is 0 Å². The topological polar surface area (TPSA) is 0 Å². The van der Waals surface area contributed by atoms with Gasteiger partial charge in [-0.2, -0.15) is 0 Å². The van der Waals surface area contributed by atoms with Crippen molar-refractivity contribution < 1.29 is 0 Å². The number of hydrogen-bond acceptors (Lipinski definition) is 0. The van der Waals surface area contributed by atoms with Crippen LogP contribution in [0.25, 0.3) is 54.6 Å². The minimum absolute atomic E-state index is 0. The highest BCUT2D eigenvalue weighted by Crippen LogP contribution is 2.37. The van der Waals surface area contributed by atoms with Crippen LogP contribution in [0.5, 0.6) is 0 Å². The van der Waals surface area contributed by atoms with Crippen molar-refractivity contribution in [3.8, 4) is 22.3 Å². The van der Waals surface area contributed by atoms with Crippen molar-refractivity contribution in [2.45, 2.75) is 62.8 Å². The summed E-state index contributed by atoms with van der Waals surface area (Å²) in [7, 11) is 0. The van der Waals surface area contributed by atoms with Crippen molar-refractivity contribution in [3.05, 3.63) is 179 Å². The van der Waals surface area contributed by atoms with E-state index in [0.717, 1.165) is 0 Å². The van der Waals surface area contributed by atoms with Gasteiger partial charge in [-0.1, -0.05) is 167 Å². The predicted octanol–water partition coefficient (Wildman–Crippen LogP) is 14.8. The molecule has 8 rings (SSSR count). The molecule has 0 radical (unpaired) electrons. The van der Waals surface area contributed by atoms with Crippen LogP contribution in [-0.2, 0) is 0 Å². The summed E-state index contributed by atoms with van der Waals surface area (Å²) < 4.78 is 0. The van der Waals surface area contributed by atoms with Crippen LogP contribution >= 0.6 is 0 Å². The van der Waals surface area contributed by atoms with E-state index >= 15 is 0 Å². The molecule has 0 bridgehead atoms. The van der Waals surface area contributed by atoms with Crippen LogP contribution in [0.4, 0.5) is 0 Å². The highest BCUT2D eigenvalue weighted by atomic mass is 14.1. The van der Waals surface area contributed by atoms with Crippen molar-refractivity contribution in [3.63, 3.8) is 0 Å². The fraction of sp³-hybridized carbons (Fsp3) is 0.184. The molecule has 0 aliphatic rings. The summed E-state index contributed by atoms with van der Waals surface area (Å²) in [6, 6.07) is 51.9. The maximum absolute atomic E-state index is 2.26. The fourth-order valence-corrected chi connectivity index (χ4v) is 6.59. The second-order valence-corrected chi connectivity index (χ2v) is 12.4. The van der Waals surface area contributed by atoms with Gasteiger partial charge in [-0.25, -0.2) is 0 Å². The number of hydrogen-bond donors (Lipinski definition) is 0. The van der Waals surface area contributed by atoms with E-state index in [2.05, 4.69) is 187 Å². The molecule has 0 aliphatic carbocycles. The molecule has 0 amide bonds. The second kappa shape index (κ2) is 16.8. The molecule has 0 aromatic heterocycles. The van der Waals surface area contributed by atoms with Gasteiger partial charge in [-0.3, -0.25) is 0 Å². The molecule has 0 nitrogen and oxygen atoms in total. The molecule has 0 spiro atoms. The maximum atomic E-state index is 2.26. The zero-order valence-electron chi connectivity index (χ0n) is 29.9. The van der Waals surface area contributed by atoms with Crippen molar-refractivity contribution in [1.29, 1.82) is 0 Å². The van der Waals surface area contributed by atoms with Gasteiger partial charge in [0.25, 0.3) is 0 Å². The average Bonchev–Trinajstić information content (AvgIpc) is 3.11. The van der Waals surface area contributed by atoms with E-state index in [1.807, 2.05) is 13.8 Å². The Balaban J connectivity index is 0.000000162. The largest absolute Gasteiger partial charge is 0.0776 e. The molecule has 0 unspecified atom stereocenters. The minimum Gasteiger partial charge on any atom is -0.0776 e. The molecule has 0 heterocycles. The lowest BCUT2D eigenvalue weighted by Gasteiger charge is -2.13. The third-order valence-corrected chi connectivity index (χ3v) is 9.26. The van der Waals surface area contributed by atoms with Gasteiger partial charge in [0.05, 0.1) is 0 Å². The standard InChI is InChI=1S/C18H14.2C14H14.C2H6.CH4/c1-11-3-5-13-8-10-16-12(2)4-6-14-7-9-15(11)17(13)18(14)16;2*1-11-7-3-5-9-13(11)14-10-6-4-8-12(14)2;1-2;/h3-10H,1-2H3;2*3-10H,1-2H3;1-2H3;1H4. The van der Waals surface area contributed by atoms with Crippen LogP contribution in [0.3, 0.4) is 0 Å². The Bertz CT molecular complexity index is 2020. The molecule has 0 atom stereocenters. The third-order valence-electron chi connectivity index (χ3n) is 9.26. The quantitative estimate of drug-likeness (QED) is 0.165. The fourth-order valence-electron chi connectivity index (χ4n) is 6.59. The van der Waals surface area contributed by atoms with Crippen LogP contribution in [0, 0.1) is 41.5 Å². The van der Waals surface area contributed by atoms with E-state index in [0.29, 0.717) is 0 Å². The monoisotopic (exact) mass is 640 g/mol. The van der Waals surface area contributed by atoms with Crippen LogP contribution < -0.4 is 0 Å². The molecule has 0 saturated heterocycles. The molecular formula is C49H52. The second-order valence-electron chi connectivity index (χ2n) is 12.4. The Kier molecular flexibility index (Phi) is 12.5. The first-order valence-corrected chi connectivity index (χ1v) is 17.2. The van der Waals surface area contributed by atoms with Crippen molar-refractivity contribution in [2.75, 3.05) is 0 Å². The number of benzene rings is 8. The third kappa shape index (κ3) is 7.93. The summed E-state index contributed by atoms with van der Waals surface area (Å²) in [5.74, 6) is 0. The van der Waals surface area contributed by atoms with Crippen LogP contribution in [0.15, 0.2) is 146 Å². The van der Waals surface area contributed by atoms with E-state index in [1.165, 1.54) is 88.0 Å². The molecule has 248 valence electrons. The first-order chi connectivity index (χ1) is 23.3. The Morgan fingerprint density at radius 3 is 0.776 bits per heavy atom. The number of aryl methyl sites for hydroxylation is 6. The molecule has 0 heteroatoms. The van der Waals surface area contributed by atoms with Gasteiger partial charge in [-0.15, -0.1) is 0 Å². The van der Waals surface area contributed by atoms with Crippen molar-refractivity contribution >= 4 is 32.3 Å². The molecule has 0 fully saturated rings. The Morgan fingerprint density at radius 2 is 0.510 bits per heavy atom. The molecular weight excluding hydrogens is 589 g/mol. The van der Waals surface area contributed by atoms with Gasteiger partial charge < -0.3 is 0 Å². The minimum atomic E-state index is 0. The number of rotatable bonds is 2. The van der Waals surface area contributed by atoms with E-state index in [4.69, 9.17) is 0 Å². The highest BCUT2D eigenvalue weighted by Gasteiger charge is 2.10. The van der Waals surface area contributed by atoms with Crippen LogP contribution in [-0.4, -0.2) is 0 Å². The Labute approximate surface area is 295 Å². The van der Waals surface area contributed by atoms with Gasteiger partial charge in [0, 0.05) is 0 Å². The van der Waals surface area contributed by atoms with Gasteiger partial charge >= 0.3 is 0 Å². The van der Waals surface area contributed by atoms with Crippen molar-refractivity contribution in [2.24, 2.45) is 0 Å².